The van der Waals surface area contributed by atoms with Gasteiger partial charge in [0.1, 0.15) is 17.6 Å². The van der Waals surface area contributed by atoms with E-state index in [2.05, 4.69) is 23.4 Å². The number of alkyl halides is 3. The zero-order valence-corrected chi connectivity index (χ0v) is 33.0. The lowest BCUT2D eigenvalue weighted by Crippen LogP contribution is -2.69. The van der Waals surface area contributed by atoms with Crippen LogP contribution in [-0.2, 0) is 9.53 Å². The van der Waals surface area contributed by atoms with Crippen molar-refractivity contribution in [1.29, 1.82) is 5.26 Å². The van der Waals surface area contributed by atoms with Crippen LogP contribution >= 0.6 is 11.3 Å². The fourth-order valence-electron chi connectivity index (χ4n) is 8.75. The number of ether oxygens (including phenoxy) is 1. The smallest absolute Gasteiger partial charge is 0.417 e. The molecule has 2 bridgehead atoms. The molecule has 6 heterocycles. The number of carbonyl (C=O) groups is 1. The van der Waals surface area contributed by atoms with Gasteiger partial charge in [-0.15, -0.1) is 11.3 Å². The van der Waals surface area contributed by atoms with E-state index in [1.165, 1.54) is 45.5 Å². The van der Waals surface area contributed by atoms with Crippen LogP contribution in [0, 0.1) is 23.1 Å². The van der Waals surface area contributed by atoms with Crippen molar-refractivity contribution < 1.29 is 31.5 Å². The van der Waals surface area contributed by atoms with Crippen molar-refractivity contribution in [2.24, 2.45) is 10.9 Å². The van der Waals surface area contributed by atoms with Crippen LogP contribution in [0.1, 0.15) is 88.6 Å². The Bertz CT molecular complexity index is 2040. The number of methoxy groups -OCH3 is 1. The molecule has 5 saturated heterocycles. The van der Waals surface area contributed by atoms with Gasteiger partial charge in [-0.05, 0) is 87.3 Å². The summed E-state index contributed by atoms with van der Waals surface area (Å²) in [6.45, 7) is 16.4. The normalized spacial score (nSPS) is 25.8. The monoisotopic (exact) mass is 781 g/mol. The highest BCUT2D eigenvalue weighted by Crippen LogP contribution is 2.49. The summed E-state index contributed by atoms with van der Waals surface area (Å²) < 4.78 is 82.4. The second kappa shape index (κ2) is 16.1. The van der Waals surface area contributed by atoms with Crippen molar-refractivity contribution in [2.75, 3.05) is 33.3 Å². The molecule has 55 heavy (non-hydrogen) atoms. The van der Waals surface area contributed by atoms with Gasteiger partial charge in [0.15, 0.2) is 5.83 Å². The fraction of sp³-hybridized carbons (Fsp3) is 0.500. The van der Waals surface area contributed by atoms with E-state index in [0.717, 1.165) is 47.9 Å². The van der Waals surface area contributed by atoms with E-state index >= 15 is 8.78 Å². The molecule has 294 valence electrons. The van der Waals surface area contributed by atoms with Gasteiger partial charge in [0.25, 0.3) is 0 Å². The number of fused-ring (bicyclic) bond motifs is 4. The van der Waals surface area contributed by atoms with Gasteiger partial charge in [-0.25, -0.2) is 13.8 Å². The molecule has 5 aliphatic heterocycles. The third-order valence-electron chi connectivity index (χ3n) is 11.3. The molecule has 0 N–H and O–H groups in total. The molecule has 7 nitrogen and oxygen atoms in total. The Balaban J connectivity index is 0.000000495. The Morgan fingerprint density at radius 2 is 1.87 bits per heavy atom. The van der Waals surface area contributed by atoms with E-state index in [1.807, 2.05) is 11.0 Å². The molecule has 1 amide bonds. The van der Waals surface area contributed by atoms with Crippen LogP contribution in [0.2, 0.25) is 0 Å². The number of aliphatic imine (C=N–C) groups is 1. The van der Waals surface area contributed by atoms with Crippen molar-refractivity contribution in [3.8, 4) is 6.07 Å². The lowest BCUT2D eigenvalue weighted by molar-refractivity contribution is -0.146. The van der Waals surface area contributed by atoms with Crippen LogP contribution in [0.4, 0.5) is 22.0 Å². The second-order valence-electron chi connectivity index (χ2n) is 15.3. The quantitative estimate of drug-likeness (QED) is 0.159. The lowest BCUT2D eigenvalue weighted by atomic mass is 9.83. The molecule has 5 fully saturated rings. The number of thiophene rings is 1. The van der Waals surface area contributed by atoms with Crippen LogP contribution < -0.4 is 0 Å². The van der Waals surface area contributed by atoms with E-state index in [9.17, 15) is 23.2 Å². The first kappa shape index (κ1) is 40.4. The molecule has 0 saturated carbocycles. The van der Waals surface area contributed by atoms with Crippen LogP contribution in [0.5, 0.6) is 0 Å². The number of carbonyl (C=O) groups excluding carboxylic acids is 1. The molecule has 1 aromatic heterocycles. The third-order valence-corrected chi connectivity index (χ3v) is 12.8. The van der Waals surface area contributed by atoms with Gasteiger partial charge in [0.2, 0.25) is 11.8 Å². The number of rotatable bonds is 7. The van der Waals surface area contributed by atoms with Crippen molar-refractivity contribution in [1.82, 2.24) is 14.7 Å². The number of piperazine rings is 1. The van der Waals surface area contributed by atoms with E-state index in [-0.39, 0.29) is 62.3 Å². The minimum atomic E-state index is -5.03. The largest absolute Gasteiger partial charge is 0.481 e. The Morgan fingerprint density at radius 3 is 2.45 bits per heavy atom. The number of halogens is 5. The van der Waals surface area contributed by atoms with Gasteiger partial charge >= 0.3 is 6.18 Å². The maximum Gasteiger partial charge on any atom is 0.417 e. The lowest BCUT2D eigenvalue weighted by Gasteiger charge is -2.57. The highest BCUT2D eigenvalue weighted by molar-refractivity contribution is 7.19. The number of allylic oxidation sites excluding steroid dienone is 7. The molecular weight excluding hydrogens is 734 g/mol. The van der Waals surface area contributed by atoms with E-state index in [1.54, 1.807) is 38.7 Å². The molecule has 3 unspecified atom stereocenters. The zero-order chi connectivity index (χ0) is 39.9. The molecule has 6 aliphatic rings. The molecule has 13 heteroatoms. The Labute approximate surface area is 323 Å². The summed E-state index contributed by atoms with van der Waals surface area (Å²) in [6, 6.07) is 4.77. The maximum absolute atomic E-state index is 17.1. The molecule has 0 radical (unpaired) electrons. The van der Waals surface area contributed by atoms with Gasteiger partial charge in [-0.2, -0.15) is 18.4 Å². The van der Waals surface area contributed by atoms with E-state index in [0.29, 0.717) is 30.1 Å². The summed E-state index contributed by atoms with van der Waals surface area (Å²) in [5, 5.41) is 10.0. The minimum absolute atomic E-state index is 0.00463. The highest BCUT2D eigenvalue weighted by atomic mass is 32.1. The van der Waals surface area contributed by atoms with Crippen LogP contribution in [0.25, 0.3) is 15.7 Å². The Hall–Kier alpha value is -4.28. The summed E-state index contributed by atoms with van der Waals surface area (Å²) in [5.74, 6) is -1.45. The third kappa shape index (κ3) is 7.64. The summed E-state index contributed by atoms with van der Waals surface area (Å²) in [5.41, 5.74) is -2.47. The number of hydrogen-bond acceptors (Lipinski definition) is 7. The number of benzene rings is 1. The van der Waals surface area contributed by atoms with Gasteiger partial charge in [0, 0.05) is 52.8 Å². The van der Waals surface area contributed by atoms with Crippen molar-refractivity contribution in [2.45, 2.75) is 96.9 Å². The topological polar surface area (TPSA) is 72.2 Å². The predicted molar refractivity (Wildman–Crippen MR) is 207 cm³/mol. The van der Waals surface area contributed by atoms with Crippen LogP contribution in [0.15, 0.2) is 70.5 Å². The summed E-state index contributed by atoms with van der Waals surface area (Å²) in [6.07, 6.45) is 4.25. The Morgan fingerprint density at radius 1 is 1.16 bits per heavy atom. The van der Waals surface area contributed by atoms with Gasteiger partial charge in [-0.3, -0.25) is 4.79 Å². The van der Waals surface area contributed by atoms with Crippen LogP contribution in [0.3, 0.4) is 0 Å². The molecule has 0 spiro atoms. The number of nitrogens with zero attached hydrogens (tertiary/aromatic N) is 5. The molecule has 1 aromatic carbocycles. The molecule has 8 rings (SSSR count). The standard InChI is InChI=1S/C34H33F5N4O2S.C8H15N/c1-7-9-26(45-6)41-31-22(18(5)42-15-19-12-20(16-42)43(19)27(44)8-2)13-24(34(37,38)39)29(30(31)36)21-10-11-25(35)33-28(21)23(14-40)32(46-33)17(3)4;1-7-5-8-3-2-4-9(8)6-7/h8-11,13,17,19-20H,2,7,12,15-16H2,1,3-6H3;7-8H,2-6H2,1H3/b22-18+,26-9-,41-31+;/t;7-,8?/m.1/s1. The summed E-state index contributed by atoms with van der Waals surface area (Å²) >= 11 is 0.973. The molecule has 4 atom stereocenters. The highest BCUT2D eigenvalue weighted by Gasteiger charge is 2.48. The van der Waals surface area contributed by atoms with Crippen LogP contribution in [-0.4, -0.2) is 83.9 Å². The number of nitriles is 1. The SMILES string of the molecule is C=CC(=O)N1C2CC1CN(\C(C)=C1/C=C(C(F)(F)F)C(c3ccc(F)c4sc(C(C)C)c(C#N)c34)=C(F)/C1=N/C(=C/CC)OC)C2.C[C@@H]1CC2CCCN2C1. The van der Waals surface area contributed by atoms with Gasteiger partial charge < -0.3 is 19.4 Å². The molecular formula is C42H48F5N5O2S. The maximum atomic E-state index is 17.1. The van der Waals surface area contributed by atoms with Gasteiger partial charge in [0.05, 0.1) is 35.0 Å². The summed E-state index contributed by atoms with van der Waals surface area (Å²) in [4.78, 5) is 23.4. The van der Waals surface area contributed by atoms with E-state index < -0.39 is 29.0 Å². The number of piperidine rings is 1. The molecule has 1 aliphatic carbocycles. The number of hydrogen-bond donors (Lipinski definition) is 0. The average Bonchev–Trinajstić information content (AvgIpc) is 3.85. The summed E-state index contributed by atoms with van der Waals surface area (Å²) in [7, 11) is 1.33. The molecule has 2 aromatic rings. The predicted octanol–water partition coefficient (Wildman–Crippen LogP) is 9.79. The average molecular weight is 782 g/mol. The van der Waals surface area contributed by atoms with Gasteiger partial charge in [-0.1, -0.05) is 40.3 Å². The Kier molecular flexibility index (Phi) is 11.8. The van der Waals surface area contributed by atoms with Crippen molar-refractivity contribution in [3.05, 3.63) is 87.3 Å². The van der Waals surface area contributed by atoms with E-state index in [4.69, 9.17) is 4.74 Å². The van der Waals surface area contributed by atoms with Crippen molar-refractivity contribution in [3.63, 3.8) is 0 Å². The number of amides is 1. The van der Waals surface area contributed by atoms with Crippen molar-refractivity contribution >= 4 is 38.6 Å². The zero-order valence-electron chi connectivity index (χ0n) is 32.2. The first-order valence-corrected chi connectivity index (χ1v) is 19.8. The first-order valence-electron chi connectivity index (χ1n) is 19.0. The minimum Gasteiger partial charge on any atom is -0.481 e. The second-order valence-corrected chi connectivity index (χ2v) is 16.3. The first-order chi connectivity index (χ1) is 26.1. The fourth-order valence-corrected chi connectivity index (χ4v) is 9.93.